The van der Waals surface area contributed by atoms with Crippen LogP contribution in [-0.4, -0.2) is 50.6 Å². The van der Waals surface area contributed by atoms with Crippen molar-refractivity contribution in [2.75, 3.05) is 17.7 Å². The summed E-state index contributed by atoms with van der Waals surface area (Å²) in [6, 6.07) is 8.54. The minimum Gasteiger partial charge on any atom is -0.384 e. The van der Waals surface area contributed by atoms with E-state index in [9.17, 15) is 14.4 Å². The van der Waals surface area contributed by atoms with Crippen molar-refractivity contribution < 1.29 is 14.4 Å². The normalized spacial score (nSPS) is 17.8. The highest BCUT2D eigenvalue weighted by Crippen LogP contribution is 2.33. The van der Waals surface area contributed by atoms with Crippen molar-refractivity contribution >= 4 is 41.1 Å². The molecule has 0 radical (unpaired) electrons. The number of likely N-dealkylation sites (tertiary alicyclic amines) is 1. The maximum absolute atomic E-state index is 13.6. The number of nitrogens with zero attached hydrogens (tertiary/aromatic N) is 5. The Labute approximate surface area is 220 Å². The van der Waals surface area contributed by atoms with Crippen LogP contribution in [0, 0.1) is 12.8 Å². The van der Waals surface area contributed by atoms with E-state index < -0.39 is 29.8 Å². The van der Waals surface area contributed by atoms with Gasteiger partial charge in [-0.1, -0.05) is 24.6 Å². The summed E-state index contributed by atoms with van der Waals surface area (Å²) in [6.07, 6.45) is 4.08. The fourth-order valence-corrected chi connectivity index (χ4v) is 4.81. The summed E-state index contributed by atoms with van der Waals surface area (Å²) in [5.74, 6) is -0.847. The Balaban J connectivity index is 1.61. The van der Waals surface area contributed by atoms with Gasteiger partial charge in [0, 0.05) is 37.6 Å². The Bertz CT molecular complexity index is 1340. The Morgan fingerprint density at radius 3 is 2.65 bits per heavy atom. The van der Waals surface area contributed by atoms with Gasteiger partial charge in [0.15, 0.2) is 5.82 Å². The maximum Gasteiger partial charge on any atom is 0.325 e. The predicted octanol–water partition coefficient (Wildman–Crippen LogP) is 3.25. The number of nitrogens with two attached hydrogens (primary N) is 1. The highest BCUT2D eigenvalue weighted by atomic mass is 35.5. The van der Waals surface area contributed by atoms with Crippen molar-refractivity contribution in [1.29, 1.82) is 0 Å². The Hall–Kier alpha value is -3.92. The molecule has 0 spiro atoms. The summed E-state index contributed by atoms with van der Waals surface area (Å²) in [7, 11) is 3.32. The summed E-state index contributed by atoms with van der Waals surface area (Å²) in [5, 5.41) is 7.76. The van der Waals surface area contributed by atoms with Crippen molar-refractivity contribution in [3.63, 3.8) is 0 Å². The molecule has 3 N–H and O–H groups in total. The SMILES string of the molecule is CC[C@@H](NC(=O)N1C(=O)[C@H](Cc2ccnc(N)c2)[C@H]1C(=O)N(C)c1ccn(C)n1)c1cc(Cl)ccc1C. The number of likely N-dealkylation sites (N-methyl/N-ethyl adjacent to an activating group) is 1. The molecule has 0 aliphatic carbocycles. The Morgan fingerprint density at radius 1 is 1.24 bits per heavy atom. The fraction of sp³-hybridized carbons (Fsp3) is 0.346. The third-order valence-electron chi connectivity index (χ3n) is 6.68. The van der Waals surface area contributed by atoms with Gasteiger partial charge in [-0.05, 0) is 60.7 Å². The molecule has 0 unspecified atom stereocenters. The van der Waals surface area contributed by atoms with Crippen LogP contribution in [0.3, 0.4) is 0 Å². The molecule has 10 nitrogen and oxygen atoms in total. The number of pyridine rings is 1. The highest BCUT2D eigenvalue weighted by molar-refractivity contribution is 6.30. The number of amides is 4. The number of imide groups is 1. The van der Waals surface area contributed by atoms with E-state index in [1.54, 1.807) is 61.5 Å². The molecule has 1 aromatic carbocycles. The average Bonchev–Trinajstić information content (AvgIpc) is 3.31. The number of β-lactam (4-membered cyclic amide) rings is 1. The largest absolute Gasteiger partial charge is 0.384 e. The number of nitrogen functional groups attached to an aromatic ring is 1. The quantitative estimate of drug-likeness (QED) is 0.458. The molecule has 37 heavy (non-hydrogen) atoms. The van der Waals surface area contributed by atoms with Gasteiger partial charge in [-0.25, -0.2) is 9.78 Å². The lowest BCUT2D eigenvalue weighted by Gasteiger charge is -2.45. The van der Waals surface area contributed by atoms with E-state index in [0.717, 1.165) is 21.6 Å². The van der Waals surface area contributed by atoms with Gasteiger partial charge in [-0.15, -0.1) is 0 Å². The van der Waals surface area contributed by atoms with Gasteiger partial charge >= 0.3 is 6.03 Å². The van der Waals surface area contributed by atoms with Crippen molar-refractivity contribution in [3.8, 4) is 0 Å². The first-order valence-corrected chi connectivity index (χ1v) is 12.4. The Kier molecular flexibility index (Phi) is 7.49. The van der Waals surface area contributed by atoms with Crippen LogP contribution in [0.25, 0.3) is 0 Å². The van der Waals surface area contributed by atoms with Crippen molar-refractivity contribution in [2.24, 2.45) is 13.0 Å². The van der Waals surface area contributed by atoms with Gasteiger partial charge in [0.2, 0.25) is 5.91 Å². The number of benzene rings is 1. The molecule has 1 fully saturated rings. The van der Waals surface area contributed by atoms with E-state index >= 15 is 0 Å². The summed E-state index contributed by atoms with van der Waals surface area (Å²) < 4.78 is 1.58. The molecule has 1 aliphatic rings. The van der Waals surface area contributed by atoms with Crippen molar-refractivity contribution in [3.05, 3.63) is 70.5 Å². The average molecular weight is 524 g/mol. The highest BCUT2D eigenvalue weighted by Gasteiger charge is 2.55. The molecule has 3 aromatic rings. The Morgan fingerprint density at radius 2 is 2.00 bits per heavy atom. The number of aromatic nitrogens is 3. The van der Waals surface area contributed by atoms with E-state index in [4.69, 9.17) is 17.3 Å². The number of carbonyl (C=O) groups excluding carboxylic acids is 3. The van der Waals surface area contributed by atoms with E-state index in [0.29, 0.717) is 23.1 Å². The summed E-state index contributed by atoms with van der Waals surface area (Å²) >= 11 is 6.20. The van der Waals surface area contributed by atoms with Crippen LogP contribution in [0.4, 0.5) is 16.4 Å². The molecule has 2 aromatic heterocycles. The summed E-state index contributed by atoms with van der Waals surface area (Å²) in [4.78, 5) is 46.7. The van der Waals surface area contributed by atoms with Crippen LogP contribution in [0.5, 0.6) is 0 Å². The lowest BCUT2D eigenvalue weighted by atomic mass is 9.81. The monoisotopic (exact) mass is 523 g/mol. The number of hydrogen-bond acceptors (Lipinski definition) is 6. The third-order valence-corrected chi connectivity index (χ3v) is 6.92. The molecule has 3 heterocycles. The first kappa shape index (κ1) is 26.2. The minimum absolute atomic E-state index is 0.242. The van der Waals surface area contributed by atoms with Gasteiger partial charge in [0.05, 0.1) is 12.0 Å². The standard InChI is InChI=1S/C26H30ClN7O3/c1-5-20(18-14-17(27)7-6-15(18)2)30-26(37)34-23(25(36)33(4)22-9-11-32(3)31-22)19(24(34)35)12-16-8-10-29-21(28)13-16/h6-11,13-14,19-20,23H,5,12H2,1-4H3,(H2,28,29)(H,30,37)/t19-,20-,23+/m1/s1. The number of aryl methyl sites for hydroxylation is 2. The van der Waals surface area contributed by atoms with Crippen LogP contribution in [-0.2, 0) is 23.1 Å². The van der Waals surface area contributed by atoms with Gasteiger partial charge in [0.25, 0.3) is 5.91 Å². The van der Waals surface area contributed by atoms with Crippen molar-refractivity contribution in [2.45, 2.75) is 38.8 Å². The smallest absolute Gasteiger partial charge is 0.325 e. The lowest BCUT2D eigenvalue weighted by Crippen LogP contribution is -2.70. The first-order valence-electron chi connectivity index (χ1n) is 12.0. The van der Waals surface area contributed by atoms with E-state index in [-0.39, 0.29) is 12.5 Å². The number of halogens is 1. The molecule has 3 atom stereocenters. The molecule has 1 saturated heterocycles. The van der Waals surface area contributed by atoms with E-state index in [2.05, 4.69) is 15.4 Å². The molecule has 194 valence electrons. The zero-order chi connectivity index (χ0) is 26.9. The number of hydrogen-bond donors (Lipinski definition) is 2. The van der Waals surface area contributed by atoms with Crippen LogP contribution >= 0.6 is 11.6 Å². The van der Waals surface area contributed by atoms with Crippen LogP contribution < -0.4 is 16.0 Å². The van der Waals surface area contributed by atoms with Crippen molar-refractivity contribution in [1.82, 2.24) is 25.0 Å². The summed E-state index contributed by atoms with van der Waals surface area (Å²) in [6.45, 7) is 3.86. The third kappa shape index (κ3) is 5.29. The number of nitrogens with one attached hydrogen (secondary N) is 1. The molecule has 0 saturated carbocycles. The van der Waals surface area contributed by atoms with Gasteiger partial charge in [-0.2, -0.15) is 5.10 Å². The van der Waals surface area contributed by atoms with Crippen LogP contribution in [0.1, 0.15) is 36.1 Å². The predicted molar refractivity (Wildman–Crippen MR) is 141 cm³/mol. The van der Waals surface area contributed by atoms with Gasteiger partial charge < -0.3 is 11.1 Å². The number of anilines is 2. The molecular weight excluding hydrogens is 494 g/mol. The van der Waals surface area contributed by atoms with E-state index in [1.165, 1.54) is 4.90 Å². The fourth-order valence-electron chi connectivity index (χ4n) is 4.63. The molecule has 1 aliphatic heterocycles. The van der Waals surface area contributed by atoms with Gasteiger partial charge in [-0.3, -0.25) is 24.1 Å². The molecule has 4 rings (SSSR count). The number of rotatable bonds is 7. The van der Waals surface area contributed by atoms with E-state index in [1.807, 2.05) is 19.9 Å². The second kappa shape index (κ2) is 10.6. The zero-order valence-corrected chi connectivity index (χ0v) is 21.9. The summed E-state index contributed by atoms with van der Waals surface area (Å²) in [5.41, 5.74) is 8.38. The number of urea groups is 1. The zero-order valence-electron chi connectivity index (χ0n) is 21.2. The second-order valence-corrected chi connectivity index (χ2v) is 9.65. The molecular formula is C26H30ClN7O3. The van der Waals surface area contributed by atoms with Gasteiger partial charge in [0.1, 0.15) is 11.9 Å². The van der Waals surface area contributed by atoms with Crippen LogP contribution in [0.2, 0.25) is 5.02 Å². The lowest BCUT2D eigenvalue weighted by molar-refractivity contribution is -0.156. The molecule has 0 bridgehead atoms. The minimum atomic E-state index is -1.01. The second-order valence-electron chi connectivity index (χ2n) is 9.21. The molecule has 4 amide bonds. The number of carbonyl (C=O) groups is 3. The topological polar surface area (TPSA) is 126 Å². The first-order chi connectivity index (χ1) is 17.6. The molecule has 11 heteroatoms. The van der Waals surface area contributed by atoms with Crippen LogP contribution in [0.15, 0.2) is 48.8 Å². The maximum atomic E-state index is 13.6.